The molecule has 1 aliphatic heterocycles. The number of methoxy groups -OCH3 is 2. The number of nitrogens with zero attached hydrogens (tertiary/aromatic N) is 6. The molecule has 1 aliphatic rings. The van der Waals surface area contributed by atoms with Crippen molar-refractivity contribution in [3.05, 3.63) is 47.3 Å². The van der Waals surface area contributed by atoms with Crippen molar-refractivity contribution in [2.75, 3.05) is 34.0 Å². The van der Waals surface area contributed by atoms with Crippen LogP contribution in [0.15, 0.2) is 30.6 Å². The van der Waals surface area contributed by atoms with Crippen molar-refractivity contribution < 1.29 is 27.4 Å². The number of sulfone groups is 1. The standard InChI is InChI=1S/C22H27ClN6O6S/c1-14(20(33-3)21-24-9-15(23)10-25-21)36(30,31)13-18-27-28-22(17-5-4-6-19(26-17)32-2)29(18)11-16-12-34-7-8-35-16/h4-6,9-10,14,16,20H,7-8,11-13H2,1-3H3/t14-,16+,20-/m0/s1. The van der Waals surface area contributed by atoms with Crippen LogP contribution < -0.4 is 4.74 Å². The van der Waals surface area contributed by atoms with Crippen molar-refractivity contribution in [1.82, 2.24) is 29.7 Å². The molecule has 0 N–H and O–H groups in total. The molecule has 3 aromatic heterocycles. The van der Waals surface area contributed by atoms with Crippen molar-refractivity contribution in [1.29, 1.82) is 0 Å². The van der Waals surface area contributed by atoms with Gasteiger partial charge in [-0.05, 0) is 13.0 Å². The van der Waals surface area contributed by atoms with Crippen molar-refractivity contribution in [2.45, 2.75) is 36.7 Å². The first-order valence-corrected chi connectivity index (χ1v) is 13.3. The van der Waals surface area contributed by atoms with Gasteiger partial charge in [-0.2, -0.15) is 0 Å². The van der Waals surface area contributed by atoms with Crippen LogP contribution in [0, 0.1) is 0 Å². The molecule has 4 rings (SSSR count). The lowest BCUT2D eigenvalue weighted by molar-refractivity contribution is -0.0936. The number of hydrogen-bond donors (Lipinski definition) is 0. The highest BCUT2D eigenvalue weighted by Crippen LogP contribution is 2.27. The van der Waals surface area contributed by atoms with Gasteiger partial charge in [-0.25, -0.2) is 23.4 Å². The normalized spacial score (nSPS) is 18.1. The second-order valence-corrected chi connectivity index (χ2v) is 10.9. The smallest absolute Gasteiger partial charge is 0.213 e. The molecule has 3 aromatic rings. The maximum absolute atomic E-state index is 13.5. The third kappa shape index (κ3) is 5.98. The van der Waals surface area contributed by atoms with E-state index in [0.29, 0.717) is 42.2 Å². The summed E-state index contributed by atoms with van der Waals surface area (Å²) in [6, 6.07) is 5.23. The highest BCUT2D eigenvalue weighted by molar-refractivity contribution is 7.91. The molecular formula is C22H27ClN6O6S. The largest absolute Gasteiger partial charge is 0.481 e. The molecule has 0 bridgehead atoms. The van der Waals surface area contributed by atoms with Gasteiger partial charge in [-0.1, -0.05) is 17.7 Å². The predicted molar refractivity (Wildman–Crippen MR) is 129 cm³/mol. The molecule has 3 atom stereocenters. The zero-order valence-corrected chi connectivity index (χ0v) is 21.6. The molecule has 12 nitrogen and oxygen atoms in total. The van der Waals surface area contributed by atoms with E-state index < -0.39 is 26.9 Å². The second-order valence-electron chi connectivity index (χ2n) is 8.11. The van der Waals surface area contributed by atoms with Gasteiger partial charge in [-0.15, -0.1) is 10.2 Å². The van der Waals surface area contributed by atoms with Crippen molar-refractivity contribution in [2.24, 2.45) is 0 Å². The van der Waals surface area contributed by atoms with Crippen LogP contribution in [0.25, 0.3) is 11.5 Å². The highest BCUT2D eigenvalue weighted by Gasteiger charge is 2.35. The molecule has 1 fully saturated rings. The number of rotatable bonds is 10. The van der Waals surface area contributed by atoms with Crippen LogP contribution in [0.2, 0.25) is 5.02 Å². The fourth-order valence-electron chi connectivity index (χ4n) is 3.80. The molecule has 1 saturated heterocycles. The number of pyridine rings is 1. The average molecular weight is 539 g/mol. The van der Waals surface area contributed by atoms with Gasteiger partial charge in [0.15, 0.2) is 21.5 Å². The Kier molecular flexibility index (Phi) is 8.46. The summed E-state index contributed by atoms with van der Waals surface area (Å²) in [7, 11) is -0.886. The number of halogens is 1. The van der Waals surface area contributed by atoms with Crippen molar-refractivity contribution in [3.8, 4) is 17.4 Å². The summed E-state index contributed by atoms with van der Waals surface area (Å²) in [5, 5.41) is 7.84. The maximum Gasteiger partial charge on any atom is 0.213 e. The summed E-state index contributed by atoms with van der Waals surface area (Å²) in [5.74, 6) is 0.848. The van der Waals surface area contributed by atoms with Gasteiger partial charge < -0.3 is 23.5 Å². The summed E-state index contributed by atoms with van der Waals surface area (Å²) in [6.45, 7) is 3.15. The van der Waals surface area contributed by atoms with E-state index in [1.54, 1.807) is 29.7 Å². The van der Waals surface area contributed by atoms with Gasteiger partial charge in [0.25, 0.3) is 0 Å². The Balaban J connectivity index is 1.66. The predicted octanol–water partition coefficient (Wildman–Crippen LogP) is 1.90. The number of ether oxygens (including phenoxy) is 4. The molecule has 0 radical (unpaired) electrons. The fraction of sp³-hybridized carbons (Fsp3) is 0.500. The van der Waals surface area contributed by atoms with Crippen LogP contribution >= 0.6 is 11.6 Å². The molecular weight excluding hydrogens is 512 g/mol. The molecule has 36 heavy (non-hydrogen) atoms. The summed E-state index contributed by atoms with van der Waals surface area (Å²) in [6.07, 6.45) is 1.59. The molecule has 194 valence electrons. The maximum atomic E-state index is 13.5. The second kappa shape index (κ2) is 11.6. The molecule has 4 heterocycles. The zero-order chi connectivity index (χ0) is 25.7. The Labute approximate surface area is 213 Å². The van der Waals surface area contributed by atoms with Crippen molar-refractivity contribution in [3.63, 3.8) is 0 Å². The zero-order valence-electron chi connectivity index (χ0n) is 20.1. The molecule has 0 aliphatic carbocycles. The van der Waals surface area contributed by atoms with Gasteiger partial charge in [0.1, 0.15) is 23.4 Å². The SMILES string of the molecule is COc1cccc(-c2nnc(CS(=O)(=O)[C@@H](C)[C@H](OC)c3ncc(Cl)cn3)n2C[C@@H]2COCCO2)n1. The van der Waals surface area contributed by atoms with Gasteiger partial charge >= 0.3 is 0 Å². The van der Waals surface area contributed by atoms with E-state index >= 15 is 0 Å². The summed E-state index contributed by atoms with van der Waals surface area (Å²) < 4.78 is 50.7. The lowest BCUT2D eigenvalue weighted by atomic mass is 10.2. The van der Waals surface area contributed by atoms with Gasteiger partial charge in [0.2, 0.25) is 5.88 Å². The monoisotopic (exact) mass is 538 g/mol. The third-order valence-electron chi connectivity index (χ3n) is 5.73. The Hall–Kier alpha value is -2.71. The fourth-order valence-corrected chi connectivity index (χ4v) is 5.34. The average Bonchev–Trinajstić information content (AvgIpc) is 3.27. The minimum atomic E-state index is -3.81. The third-order valence-corrected chi connectivity index (χ3v) is 7.97. The molecule has 14 heteroatoms. The highest BCUT2D eigenvalue weighted by atomic mass is 35.5. The van der Waals surface area contributed by atoms with E-state index in [4.69, 9.17) is 30.5 Å². The minimum Gasteiger partial charge on any atom is -0.481 e. The topological polar surface area (TPSA) is 140 Å². The van der Waals surface area contributed by atoms with Gasteiger partial charge in [0.05, 0.1) is 49.9 Å². The summed E-state index contributed by atoms with van der Waals surface area (Å²) in [4.78, 5) is 12.7. The number of aromatic nitrogens is 6. The van der Waals surface area contributed by atoms with E-state index in [1.807, 2.05) is 0 Å². The van der Waals surface area contributed by atoms with Crippen LogP contribution in [0.1, 0.15) is 24.7 Å². The quantitative estimate of drug-likeness (QED) is 0.373. The number of hydrogen-bond acceptors (Lipinski definition) is 11. The van der Waals surface area contributed by atoms with E-state index in [9.17, 15) is 8.42 Å². The Morgan fingerprint density at radius 1 is 1.19 bits per heavy atom. The Morgan fingerprint density at radius 3 is 2.64 bits per heavy atom. The minimum absolute atomic E-state index is 0.216. The summed E-state index contributed by atoms with van der Waals surface area (Å²) in [5.41, 5.74) is 0.486. The van der Waals surface area contributed by atoms with Crippen LogP contribution in [-0.2, 0) is 36.3 Å². The first kappa shape index (κ1) is 26.4. The first-order valence-electron chi connectivity index (χ1n) is 11.2. The molecule has 0 unspecified atom stereocenters. The molecule has 0 spiro atoms. The van der Waals surface area contributed by atoms with Gasteiger partial charge in [0, 0.05) is 25.6 Å². The van der Waals surface area contributed by atoms with Crippen LogP contribution in [-0.4, -0.2) is 83.5 Å². The lowest BCUT2D eigenvalue weighted by Gasteiger charge is -2.25. The van der Waals surface area contributed by atoms with E-state index in [0.717, 1.165) is 0 Å². The molecule has 0 aromatic carbocycles. The molecule has 0 saturated carbocycles. The lowest BCUT2D eigenvalue weighted by Crippen LogP contribution is -2.34. The first-order chi connectivity index (χ1) is 17.3. The molecule has 0 amide bonds. The Morgan fingerprint density at radius 2 is 1.97 bits per heavy atom. The summed E-state index contributed by atoms with van der Waals surface area (Å²) >= 11 is 5.87. The van der Waals surface area contributed by atoms with Gasteiger partial charge in [-0.3, -0.25) is 0 Å². The van der Waals surface area contributed by atoms with Crippen molar-refractivity contribution >= 4 is 21.4 Å². The van der Waals surface area contributed by atoms with Crippen LogP contribution in [0.3, 0.4) is 0 Å². The Bertz CT molecular complexity index is 1270. The van der Waals surface area contributed by atoms with E-state index in [1.165, 1.54) is 26.6 Å². The van der Waals surface area contributed by atoms with E-state index in [-0.39, 0.29) is 24.3 Å². The van der Waals surface area contributed by atoms with Crippen LogP contribution in [0.5, 0.6) is 5.88 Å². The van der Waals surface area contributed by atoms with Crippen LogP contribution in [0.4, 0.5) is 0 Å². The van der Waals surface area contributed by atoms with E-state index in [2.05, 4.69) is 25.1 Å².